The Bertz CT molecular complexity index is 1230. The van der Waals surface area contributed by atoms with Crippen molar-refractivity contribution >= 4 is 11.6 Å². The van der Waals surface area contributed by atoms with Crippen LogP contribution in [-0.2, 0) is 9.47 Å². The molecule has 0 spiro atoms. The third-order valence-electron chi connectivity index (χ3n) is 5.16. The summed E-state index contributed by atoms with van der Waals surface area (Å²) >= 11 is 0. The molecular formula is C24H23FN6O2. The number of aromatic nitrogens is 5. The molecule has 0 bridgehead atoms. The first-order valence-electron chi connectivity index (χ1n) is 10.6. The van der Waals surface area contributed by atoms with Crippen LogP contribution in [0.1, 0.15) is 26.0 Å². The largest absolute Gasteiger partial charge is 0.345 e. The van der Waals surface area contributed by atoms with Crippen molar-refractivity contribution in [1.29, 1.82) is 0 Å². The first kappa shape index (κ1) is 21.2. The van der Waals surface area contributed by atoms with Gasteiger partial charge in [-0.05, 0) is 42.5 Å². The number of aromatic amines is 1. The lowest BCUT2D eigenvalue weighted by molar-refractivity contribution is -0.229. The molecule has 9 heteroatoms. The summed E-state index contributed by atoms with van der Waals surface area (Å²) in [6.45, 7) is 5.26. The highest BCUT2D eigenvalue weighted by Crippen LogP contribution is 2.35. The monoisotopic (exact) mass is 446 g/mol. The summed E-state index contributed by atoms with van der Waals surface area (Å²) < 4.78 is 25.4. The van der Waals surface area contributed by atoms with Crippen molar-refractivity contribution in [2.45, 2.75) is 20.1 Å². The molecule has 4 heterocycles. The molecule has 1 aromatic carbocycles. The average molecular weight is 446 g/mol. The normalized spacial score (nSPS) is 16.0. The van der Waals surface area contributed by atoms with E-state index in [-0.39, 0.29) is 11.2 Å². The number of imidazole rings is 1. The topological polar surface area (TPSA) is 97.8 Å². The van der Waals surface area contributed by atoms with Crippen molar-refractivity contribution in [2.75, 3.05) is 18.5 Å². The number of anilines is 2. The number of hydrogen-bond donors (Lipinski definition) is 2. The zero-order valence-electron chi connectivity index (χ0n) is 18.2. The third kappa shape index (κ3) is 4.74. The van der Waals surface area contributed by atoms with Crippen LogP contribution in [0.3, 0.4) is 0 Å². The SMILES string of the molecule is CC1(C)COC(c2nc(-c3ccc(F)cc3)c(-c3ccnc(Nc4ccncc4)n3)[nH]2)OC1. The van der Waals surface area contributed by atoms with Crippen LogP contribution >= 0.6 is 0 Å². The van der Waals surface area contributed by atoms with Crippen LogP contribution in [0.15, 0.2) is 61.1 Å². The second-order valence-electron chi connectivity index (χ2n) is 8.60. The van der Waals surface area contributed by atoms with Crippen LogP contribution in [0.2, 0.25) is 0 Å². The lowest BCUT2D eigenvalue weighted by Gasteiger charge is -2.33. The molecule has 0 aliphatic carbocycles. The first-order valence-corrected chi connectivity index (χ1v) is 10.6. The fourth-order valence-corrected chi connectivity index (χ4v) is 3.48. The number of nitrogens with one attached hydrogen (secondary N) is 2. The molecule has 8 nitrogen and oxygen atoms in total. The lowest BCUT2D eigenvalue weighted by Crippen LogP contribution is -2.34. The van der Waals surface area contributed by atoms with Gasteiger partial charge in [0.25, 0.3) is 0 Å². The smallest absolute Gasteiger partial charge is 0.227 e. The predicted molar refractivity (Wildman–Crippen MR) is 121 cm³/mol. The van der Waals surface area contributed by atoms with Gasteiger partial charge in [-0.2, -0.15) is 0 Å². The Balaban J connectivity index is 1.52. The predicted octanol–water partition coefficient (Wildman–Crippen LogP) is 4.88. The van der Waals surface area contributed by atoms with Gasteiger partial charge in [0.1, 0.15) is 5.82 Å². The molecule has 33 heavy (non-hydrogen) atoms. The fourth-order valence-electron chi connectivity index (χ4n) is 3.48. The van der Waals surface area contributed by atoms with E-state index >= 15 is 0 Å². The molecule has 0 amide bonds. The van der Waals surface area contributed by atoms with E-state index in [2.05, 4.69) is 39.1 Å². The van der Waals surface area contributed by atoms with Crippen LogP contribution in [0.4, 0.5) is 16.0 Å². The minimum atomic E-state index is -0.623. The van der Waals surface area contributed by atoms with E-state index in [1.165, 1.54) is 12.1 Å². The summed E-state index contributed by atoms with van der Waals surface area (Å²) in [7, 11) is 0. The number of ether oxygens (including phenoxy) is 2. The van der Waals surface area contributed by atoms with Crippen molar-refractivity contribution in [1.82, 2.24) is 24.9 Å². The van der Waals surface area contributed by atoms with E-state index in [9.17, 15) is 4.39 Å². The number of hydrogen-bond acceptors (Lipinski definition) is 7. The second kappa shape index (κ2) is 8.68. The molecule has 0 atom stereocenters. The summed E-state index contributed by atoms with van der Waals surface area (Å²) in [4.78, 5) is 21.1. The summed E-state index contributed by atoms with van der Waals surface area (Å²) in [5.74, 6) is 0.636. The van der Waals surface area contributed by atoms with Crippen molar-refractivity contribution < 1.29 is 13.9 Å². The van der Waals surface area contributed by atoms with Gasteiger partial charge >= 0.3 is 0 Å². The summed E-state index contributed by atoms with van der Waals surface area (Å²) in [6.07, 6.45) is 4.41. The van der Waals surface area contributed by atoms with Gasteiger partial charge in [-0.25, -0.2) is 19.3 Å². The molecule has 4 aromatic rings. The Hall–Kier alpha value is -3.69. The number of H-pyrrole nitrogens is 1. The van der Waals surface area contributed by atoms with Crippen molar-refractivity contribution in [3.63, 3.8) is 0 Å². The van der Waals surface area contributed by atoms with Gasteiger partial charge in [-0.1, -0.05) is 13.8 Å². The maximum Gasteiger partial charge on any atom is 0.227 e. The summed E-state index contributed by atoms with van der Waals surface area (Å²) in [5.41, 5.74) is 3.40. The Morgan fingerprint density at radius 2 is 1.70 bits per heavy atom. The van der Waals surface area contributed by atoms with Crippen molar-refractivity contribution in [3.05, 3.63) is 72.7 Å². The zero-order valence-corrected chi connectivity index (χ0v) is 18.2. The molecule has 0 radical (unpaired) electrons. The molecule has 1 aliphatic rings. The van der Waals surface area contributed by atoms with Crippen molar-refractivity contribution in [3.8, 4) is 22.6 Å². The van der Waals surface area contributed by atoms with Gasteiger partial charge in [-0.15, -0.1) is 0 Å². The Morgan fingerprint density at radius 1 is 0.970 bits per heavy atom. The number of halogens is 1. The molecule has 0 unspecified atom stereocenters. The van der Waals surface area contributed by atoms with Crippen LogP contribution in [-0.4, -0.2) is 38.1 Å². The number of benzene rings is 1. The maximum absolute atomic E-state index is 13.6. The van der Waals surface area contributed by atoms with Crippen LogP contribution < -0.4 is 5.32 Å². The standard InChI is InChI=1S/C24H23FN6O2/c1-24(2)13-32-22(33-14-24)21-30-19(15-3-5-16(25)6-4-15)20(31-21)18-9-12-27-23(29-18)28-17-7-10-26-11-8-17/h3-12,22H,13-14H2,1-2H3,(H,30,31)(H,26,27,28,29). The van der Waals surface area contributed by atoms with Crippen molar-refractivity contribution in [2.24, 2.45) is 5.41 Å². The van der Waals surface area contributed by atoms with Crippen LogP contribution in [0.5, 0.6) is 0 Å². The van der Waals surface area contributed by atoms with Gasteiger partial charge in [0, 0.05) is 35.3 Å². The van der Waals surface area contributed by atoms with E-state index in [1.54, 1.807) is 36.8 Å². The molecule has 5 rings (SSSR count). The van der Waals surface area contributed by atoms with E-state index in [0.29, 0.717) is 42.1 Å². The summed E-state index contributed by atoms with van der Waals surface area (Å²) in [6, 6.07) is 11.6. The quantitative estimate of drug-likeness (QED) is 0.451. The molecular weight excluding hydrogens is 423 g/mol. The van der Waals surface area contributed by atoms with Gasteiger partial charge in [0.2, 0.25) is 12.2 Å². The highest BCUT2D eigenvalue weighted by molar-refractivity contribution is 5.77. The molecule has 0 saturated carbocycles. The first-order chi connectivity index (χ1) is 16.0. The van der Waals surface area contributed by atoms with Gasteiger partial charge < -0.3 is 19.8 Å². The van der Waals surface area contributed by atoms with Gasteiger partial charge in [0.15, 0.2) is 5.82 Å². The molecule has 1 fully saturated rings. The Labute approximate surface area is 190 Å². The molecule has 2 N–H and O–H groups in total. The fraction of sp³-hybridized carbons (Fsp3) is 0.250. The Kier molecular flexibility index (Phi) is 5.57. The third-order valence-corrected chi connectivity index (χ3v) is 5.16. The van der Waals surface area contributed by atoms with Crippen LogP contribution in [0, 0.1) is 11.2 Å². The Morgan fingerprint density at radius 3 is 2.42 bits per heavy atom. The average Bonchev–Trinajstić information content (AvgIpc) is 3.26. The van der Waals surface area contributed by atoms with Crippen LogP contribution in [0.25, 0.3) is 22.6 Å². The minimum absolute atomic E-state index is 0.0636. The number of nitrogens with zero attached hydrogens (tertiary/aromatic N) is 4. The number of pyridine rings is 1. The van der Waals surface area contributed by atoms with Gasteiger partial charge in [-0.3, -0.25) is 4.98 Å². The minimum Gasteiger partial charge on any atom is -0.345 e. The lowest BCUT2D eigenvalue weighted by atomic mass is 9.96. The second-order valence-corrected chi connectivity index (χ2v) is 8.60. The van der Waals surface area contributed by atoms with E-state index in [4.69, 9.17) is 14.5 Å². The number of rotatable bonds is 5. The van der Waals surface area contributed by atoms with E-state index in [1.807, 2.05) is 12.1 Å². The van der Waals surface area contributed by atoms with Gasteiger partial charge in [0.05, 0.1) is 30.3 Å². The van der Waals surface area contributed by atoms with E-state index < -0.39 is 6.29 Å². The molecule has 1 saturated heterocycles. The van der Waals surface area contributed by atoms with E-state index in [0.717, 1.165) is 11.3 Å². The zero-order chi connectivity index (χ0) is 22.8. The highest BCUT2D eigenvalue weighted by atomic mass is 19.1. The molecule has 3 aromatic heterocycles. The molecule has 1 aliphatic heterocycles. The summed E-state index contributed by atoms with van der Waals surface area (Å²) in [5, 5.41) is 3.16. The highest BCUT2D eigenvalue weighted by Gasteiger charge is 2.32. The molecule has 168 valence electrons. The maximum atomic E-state index is 13.6.